The number of nitrogens with two attached hydrogens (primary N) is 1. The van der Waals surface area contributed by atoms with E-state index in [1.54, 1.807) is 6.07 Å². The van der Waals surface area contributed by atoms with Crippen molar-refractivity contribution in [1.29, 1.82) is 0 Å². The molecule has 1 aromatic carbocycles. The van der Waals surface area contributed by atoms with E-state index in [2.05, 4.69) is 11.9 Å². The van der Waals surface area contributed by atoms with Crippen LogP contribution in [0.3, 0.4) is 0 Å². The third-order valence-electron chi connectivity index (χ3n) is 3.27. The summed E-state index contributed by atoms with van der Waals surface area (Å²) in [7, 11) is -3.78. The van der Waals surface area contributed by atoms with Gasteiger partial charge < -0.3 is 9.30 Å². The molecular formula is C14H19N3O4S. The maximum Gasteiger partial charge on any atom is 0.303 e. The molecule has 1 heterocycles. The number of aryl methyl sites for hydroxylation is 1. The number of fused-ring (bicyclic) bond motifs is 1. The Morgan fingerprint density at radius 2 is 2.14 bits per heavy atom. The second kappa shape index (κ2) is 6.45. The molecule has 8 heteroatoms. The van der Waals surface area contributed by atoms with Crippen molar-refractivity contribution in [2.75, 3.05) is 0 Å². The van der Waals surface area contributed by atoms with Crippen LogP contribution in [0.4, 0.5) is 0 Å². The number of nitrogens with zero attached hydrogens (tertiary/aromatic N) is 2. The van der Waals surface area contributed by atoms with Gasteiger partial charge in [0.2, 0.25) is 10.0 Å². The Hall–Kier alpha value is -1.93. The van der Waals surface area contributed by atoms with Gasteiger partial charge in [0.15, 0.2) is 0 Å². The Bertz CT molecular complexity index is 796. The van der Waals surface area contributed by atoms with E-state index in [1.165, 1.54) is 19.1 Å². The maximum atomic E-state index is 11.4. The molecule has 0 radical (unpaired) electrons. The number of carbonyl (C=O) groups excluding carboxylic acids is 1. The fourth-order valence-corrected chi connectivity index (χ4v) is 2.71. The van der Waals surface area contributed by atoms with Gasteiger partial charge in [0.1, 0.15) is 12.4 Å². The fraction of sp³-hybridized carbons (Fsp3) is 0.429. The molecule has 0 aliphatic rings. The average molecular weight is 325 g/mol. The van der Waals surface area contributed by atoms with E-state index < -0.39 is 10.0 Å². The number of ether oxygens (including phenoxy) is 1. The van der Waals surface area contributed by atoms with Crippen LogP contribution in [0.5, 0.6) is 0 Å². The van der Waals surface area contributed by atoms with Crippen molar-refractivity contribution in [3.05, 3.63) is 24.0 Å². The normalized spacial score (nSPS) is 11.8. The predicted octanol–water partition coefficient (Wildman–Crippen LogP) is 1.55. The minimum absolute atomic E-state index is 0.0131. The molecule has 2 aromatic rings. The third kappa shape index (κ3) is 3.63. The zero-order chi connectivity index (χ0) is 16.3. The number of hydrogen-bond donors (Lipinski definition) is 1. The van der Waals surface area contributed by atoms with Gasteiger partial charge in [0.05, 0.1) is 15.9 Å². The molecule has 1 aromatic heterocycles. The van der Waals surface area contributed by atoms with E-state index in [4.69, 9.17) is 9.88 Å². The standard InChI is InChI=1S/C14H19N3O4S/c1-3-4-7-17-13-6-5-11(22(15,19)20)8-12(13)16-14(17)9-21-10(2)18/h5-6,8H,3-4,7,9H2,1-2H3,(H2,15,19,20). The summed E-state index contributed by atoms with van der Waals surface area (Å²) in [4.78, 5) is 15.4. The first kappa shape index (κ1) is 16.4. The molecule has 2 N–H and O–H groups in total. The van der Waals surface area contributed by atoms with Crippen LogP contribution in [-0.2, 0) is 32.7 Å². The molecule has 2 rings (SSSR count). The first-order valence-corrected chi connectivity index (χ1v) is 8.53. The van der Waals surface area contributed by atoms with Crippen molar-refractivity contribution in [3.63, 3.8) is 0 Å². The highest BCUT2D eigenvalue weighted by atomic mass is 32.2. The maximum absolute atomic E-state index is 11.4. The van der Waals surface area contributed by atoms with Crippen LogP contribution in [0.15, 0.2) is 23.1 Å². The van der Waals surface area contributed by atoms with Crippen LogP contribution >= 0.6 is 0 Å². The van der Waals surface area contributed by atoms with Crippen molar-refractivity contribution in [2.24, 2.45) is 5.14 Å². The van der Waals surface area contributed by atoms with E-state index >= 15 is 0 Å². The van der Waals surface area contributed by atoms with Crippen LogP contribution in [0.2, 0.25) is 0 Å². The zero-order valence-electron chi connectivity index (χ0n) is 12.6. The third-order valence-corrected chi connectivity index (χ3v) is 4.18. The minimum atomic E-state index is -3.78. The minimum Gasteiger partial charge on any atom is -0.458 e. The Morgan fingerprint density at radius 1 is 1.41 bits per heavy atom. The summed E-state index contributed by atoms with van der Waals surface area (Å²) in [5.41, 5.74) is 1.31. The van der Waals surface area contributed by atoms with E-state index in [0.29, 0.717) is 11.3 Å². The number of aromatic nitrogens is 2. The summed E-state index contributed by atoms with van der Waals surface area (Å²) in [6.45, 7) is 4.18. The number of sulfonamides is 1. The summed E-state index contributed by atoms with van der Waals surface area (Å²) >= 11 is 0. The largest absolute Gasteiger partial charge is 0.458 e. The van der Waals surface area contributed by atoms with Gasteiger partial charge in [-0.1, -0.05) is 13.3 Å². The average Bonchev–Trinajstić information content (AvgIpc) is 2.78. The van der Waals surface area contributed by atoms with Gasteiger partial charge in [-0.2, -0.15) is 0 Å². The Morgan fingerprint density at radius 3 is 2.73 bits per heavy atom. The highest BCUT2D eigenvalue weighted by molar-refractivity contribution is 7.89. The number of benzene rings is 1. The highest BCUT2D eigenvalue weighted by Crippen LogP contribution is 2.21. The summed E-state index contributed by atoms with van der Waals surface area (Å²) in [6.07, 6.45) is 1.94. The summed E-state index contributed by atoms with van der Waals surface area (Å²) in [5, 5.41) is 5.14. The molecular weight excluding hydrogens is 306 g/mol. The lowest BCUT2D eigenvalue weighted by molar-refractivity contribution is -0.142. The van der Waals surface area contributed by atoms with Crippen molar-refractivity contribution in [2.45, 2.75) is 44.7 Å². The van der Waals surface area contributed by atoms with Crippen LogP contribution in [0.1, 0.15) is 32.5 Å². The van der Waals surface area contributed by atoms with E-state index in [9.17, 15) is 13.2 Å². The lowest BCUT2D eigenvalue weighted by Gasteiger charge is -2.08. The zero-order valence-corrected chi connectivity index (χ0v) is 13.4. The van der Waals surface area contributed by atoms with Gasteiger partial charge in [-0.3, -0.25) is 4.79 Å². The molecule has 0 unspecified atom stereocenters. The van der Waals surface area contributed by atoms with Crippen LogP contribution in [0.25, 0.3) is 11.0 Å². The van der Waals surface area contributed by atoms with Crippen LogP contribution < -0.4 is 5.14 Å². The smallest absolute Gasteiger partial charge is 0.303 e. The van der Waals surface area contributed by atoms with E-state index in [-0.39, 0.29) is 17.5 Å². The molecule has 0 saturated carbocycles. The number of hydrogen-bond acceptors (Lipinski definition) is 5. The van der Waals surface area contributed by atoms with Gasteiger partial charge in [-0.15, -0.1) is 0 Å². The Balaban J connectivity index is 2.49. The molecule has 0 fully saturated rings. The van der Waals surface area contributed by atoms with Gasteiger partial charge in [-0.05, 0) is 24.6 Å². The highest BCUT2D eigenvalue weighted by Gasteiger charge is 2.15. The molecule has 0 spiro atoms. The molecule has 0 aliphatic carbocycles. The van der Waals surface area contributed by atoms with Gasteiger partial charge >= 0.3 is 5.97 Å². The first-order valence-electron chi connectivity index (χ1n) is 6.98. The predicted molar refractivity (Wildman–Crippen MR) is 81.5 cm³/mol. The lowest BCUT2D eigenvalue weighted by Crippen LogP contribution is -2.11. The van der Waals surface area contributed by atoms with Crippen molar-refractivity contribution in [3.8, 4) is 0 Å². The second-order valence-corrected chi connectivity index (χ2v) is 6.57. The van der Waals surface area contributed by atoms with Crippen LogP contribution in [-0.4, -0.2) is 23.9 Å². The molecule has 0 atom stereocenters. The van der Waals surface area contributed by atoms with Gasteiger partial charge in [0, 0.05) is 13.5 Å². The Kier molecular flexibility index (Phi) is 4.82. The number of carbonyl (C=O) groups is 1. The molecule has 0 aliphatic heterocycles. The number of esters is 1. The molecule has 0 amide bonds. The lowest BCUT2D eigenvalue weighted by atomic mass is 10.3. The number of unbranched alkanes of at least 4 members (excludes halogenated alkanes) is 1. The molecule has 0 saturated heterocycles. The first-order chi connectivity index (χ1) is 10.3. The van der Waals surface area contributed by atoms with E-state index in [0.717, 1.165) is 24.9 Å². The van der Waals surface area contributed by atoms with Gasteiger partial charge in [-0.25, -0.2) is 18.5 Å². The summed E-state index contributed by atoms with van der Waals surface area (Å²) in [5.74, 6) is 0.199. The quantitative estimate of drug-likeness (QED) is 0.811. The summed E-state index contributed by atoms with van der Waals surface area (Å²) < 4.78 is 29.8. The number of primary sulfonamides is 1. The Labute approximate surface area is 129 Å². The summed E-state index contributed by atoms with van der Waals surface area (Å²) in [6, 6.07) is 4.57. The SMILES string of the molecule is CCCCn1c(COC(C)=O)nc2cc(S(N)(=O)=O)ccc21. The molecule has 120 valence electrons. The monoisotopic (exact) mass is 325 g/mol. The van der Waals surface area contributed by atoms with Gasteiger partial charge in [0.25, 0.3) is 0 Å². The fourth-order valence-electron chi connectivity index (χ4n) is 2.18. The topological polar surface area (TPSA) is 104 Å². The number of imidazole rings is 1. The van der Waals surface area contributed by atoms with Crippen molar-refractivity contribution in [1.82, 2.24) is 9.55 Å². The number of rotatable bonds is 6. The molecule has 0 bridgehead atoms. The second-order valence-electron chi connectivity index (χ2n) is 5.01. The molecule has 22 heavy (non-hydrogen) atoms. The molecule has 7 nitrogen and oxygen atoms in total. The van der Waals surface area contributed by atoms with Crippen LogP contribution in [0, 0.1) is 0 Å². The van der Waals surface area contributed by atoms with Crippen molar-refractivity contribution >= 4 is 27.0 Å². The van der Waals surface area contributed by atoms with Crippen molar-refractivity contribution < 1.29 is 17.9 Å². The van der Waals surface area contributed by atoms with E-state index in [1.807, 2.05) is 4.57 Å².